The van der Waals surface area contributed by atoms with Crippen molar-refractivity contribution in [2.45, 2.75) is 6.92 Å². The molecule has 34 heavy (non-hydrogen) atoms. The molecule has 2 saturated heterocycles. The summed E-state index contributed by atoms with van der Waals surface area (Å²) in [6.07, 6.45) is 2.04. The number of pyridine rings is 1. The molecule has 2 aromatic heterocycles. The van der Waals surface area contributed by atoms with Gasteiger partial charge in [0.2, 0.25) is 0 Å². The second-order valence-corrected chi connectivity index (χ2v) is 11.9. The molecule has 12 heteroatoms. The number of aryl methyl sites for hydroxylation is 1. The number of benzene rings is 1. The van der Waals surface area contributed by atoms with Gasteiger partial charge in [-0.1, -0.05) is 6.07 Å². The van der Waals surface area contributed by atoms with Gasteiger partial charge in [0.15, 0.2) is 7.36 Å². The fourth-order valence-electron chi connectivity index (χ4n) is 4.59. The monoisotopic (exact) mass is 548 g/mol. The number of imidazole rings is 1. The maximum Gasteiger partial charge on any atom is 0.270 e. The molecule has 2 fully saturated rings. The SMILES string of the molecule is Cc1nc2ccccn2c1P(=Nc1ccc([N+](=O)[O-])cc1Br)(N1CCOCC1)N1CCOCC1. The Hall–Kier alpha value is -2.14. The predicted octanol–water partition coefficient (Wildman–Crippen LogP) is 3.97. The Bertz CT molecular complexity index is 1250. The molecule has 3 aromatic rings. The van der Waals surface area contributed by atoms with E-state index in [9.17, 15) is 10.1 Å². The molecule has 2 aliphatic rings. The smallest absolute Gasteiger partial charge is 0.270 e. The van der Waals surface area contributed by atoms with Gasteiger partial charge < -0.3 is 9.47 Å². The molecular weight excluding hydrogens is 523 g/mol. The number of non-ortho nitro benzene ring substituents is 1. The van der Waals surface area contributed by atoms with E-state index >= 15 is 0 Å². The lowest BCUT2D eigenvalue weighted by Gasteiger charge is -2.46. The fourth-order valence-corrected chi connectivity index (χ4v) is 9.28. The van der Waals surface area contributed by atoms with Crippen LogP contribution in [0.3, 0.4) is 0 Å². The average molecular weight is 549 g/mol. The molecule has 0 spiro atoms. The highest BCUT2D eigenvalue weighted by Gasteiger charge is 2.42. The Kier molecular flexibility index (Phi) is 6.83. The molecule has 1 aromatic carbocycles. The van der Waals surface area contributed by atoms with Gasteiger partial charge in [0.25, 0.3) is 5.69 Å². The van der Waals surface area contributed by atoms with Gasteiger partial charge in [0, 0.05) is 44.5 Å². The molecule has 0 unspecified atom stereocenters. The number of halogens is 1. The van der Waals surface area contributed by atoms with Crippen molar-refractivity contribution in [1.29, 1.82) is 0 Å². The Balaban J connectivity index is 1.83. The second kappa shape index (κ2) is 9.85. The largest absolute Gasteiger partial charge is 0.379 e. The first-order valence-corrected chi connectivity index (χ1v) is 13.6. The quantitative estimate of drug-likeness (QED) is 0.270. The van der Waals surface area contributed by atoms with E-state index in [1.807, 2.05) is 31.3 Å². The molecular formula is C22H26BrN6O4P. The Morgan fingerprint density at radius 2 is 1.71 bits per heavy atom. The van der Waals surface area contributed by atoms with Gasteiger partial charge in [-0.15, -0.1) is 0 Å². The van der Waals surface area contributed by atoms with Gasteiger partial charge in [-0.25, -0.2) is 19.1 Å². The number of rotatable bonds is 5. The first kappa shape index (κ1) is 23.6. The standard InChI is InChI=1S/C22H26BrN6O4P/c1-17-22(28-7-3-2-4-21(28)24-17)34(26-8-12-32-13-9-26,27-10-14-33-15-11-27)25-20-6-5-18(29(30)31)16-19(20)23/h2-7,16H,8-15H2,1H3. The lowest BCUT2D eigenvalue weighted by Crippen LogP contribution is -2.47. The van der Waals surface area contributed by atoms with Crippen LogP contribution in [0.1, 0.15) is 5.69 Å². The molecule has 0 radical (unpaired) electrons. The minimum Gasteiger partial charge on any atom is -0.379 e. The molecule has 0 atom stereocenters. The van der Waals surface area contributed by atoms with E-state index in [0.29, 0.717) is 36.6 Å². The van der Waals surface area contributed by atoms with E-state index in [4.69, 9.17) is 19.2 Å². The average Bonchev–Trinajstić information content (AvgIpc) is 3.20. The van der Waals surface area contributed by atoms with Crippen LogP contribution in [0.4, 0.5) is 11.4 Å². The van der Waals surface area contributed by atoms with Crippen molar-refractivity contribution < 1.29 is 14.4 Å². The zero-order valence-corrected chi connectivity index (χ0v) is 21.3. The number of hydrogen-bond acceptors (Lipinski definition) is 6. The van der Waals surface area contributed by atoms with E-state index in [2.05, 4.69) is 29.7 Å². The van der Waals surface area contributed by atoms with Gasteiger partial charge in [-0.2, -0.15) is 0 Å². The lowest BCUT2D eigenvalue weighted by atomic mass is 10.3. The molecule has 0 N–H and O–H groups in total. The fraction of sp³-hybridized carbons (Fsp3) is 0.409. The topological polar surface area (TPSA) is 97.7 Å². The third-order valence-corrected chi connectivity index (χ3v) is 10.7. The second-order valence-electron chi connectivity index (χ2n) is 8.14. The van der Waals surface area contributed by atoms with Gasteiger partial charge >= 0.3 is 0 Å². The first-order chi connectivity index (χ1) is 16.5. The molecule has 2 aliphatic heterocycles. The van der Waals surface area contributed by atoms with Crippen molar-refractivity contribution in [2.75, 3.05) is 52.6 Å². The Morgan fingerprint density at radius 3 is 2.29 bits per heavy atom. The molecule has 0 saturated carbocycles. The Labute approximate surface area is 205 Å². The van der Waals surface area contributed by atoms with Crippen LogP contribution in [0.5, 0.6) is 0 Å². The van der Waals surface area contributed by atoms with E-state index in [-0.39, 0.29) is 5.69 Å². The summed E-state index contributed by atoms with van der Waals surface area (Å²) in [7, 11) is -2.59. The van der Waals surface area contributed by atoms with Gasteiger partial charge in [0.05, 0.1) is 47.2 Å². The van der Waals surface area contributed by atoms with Crippen LogP contribution in [0, 0.1) is 17.0 Å². The molecule has 10 nitrogen and oxygen atoms in total. The summed E-state index contributed by atoms with van der Waals surface area (Å²) in [4.78, 5) is 15.8. The molecule has 0 bridgehead atoms. The zero-order valence-electron chi connectivity index (χ0n) is 18.8. The predicted molar refractivity (Wildman–Crippen MR) is 134 cm³/mol. The van der Waals surface area contributed by atoms with Crippen LogP contribution >= 0.6 is 23.3 Å². The summed E-state index contributed by atoms with van der Waals surface area (Å²) < 4.78 is 24.6. The van der Waals surface area contributed by atoms with E-state index in [0.717, 1.165) is 43.0 Å². The number of ether oxygens (including phenoxy) is 2. The first-order valence-electron chi connectivity index (χ1n) is 11.2. The van der Waals surface area contributed by atoms with Crippen LogP contribution in [0.2, 0.25) is 0 Å². The highest BCUT2D eigenvalue weighted by molar-refractivity contribution is 9.10. The summed E-state index contributed by atoms with van der Waals surface area (Å²) in [5.41, 5.74) is 3.58. The minimum atomic E-state index is -2.59. The summed E-state index contributed by atoms with van der Waals surface area (Å²) in [6, 6.07) is 10.8. The number of nitro benzene ring substituents is 1. The summed E-state index contributed by atoms with van der Waals surface area (Å²) in [6.45, 7) is 7.47. The zero-order chi connectivity index (χ0) is 23.7. The van der Waals surface area contributed by atoms with Crippen LogP contribution in [-0.4, -0.2) is 76.3 Å². The number of aromatic nitrogens is 2. The number of hydrogen-bond donors (Lipinski definition) is 0. The maximum absolute atomic E-state index is 11.3. The summed E-state index contributed by atoms with van der Waals surface area (Å²) in [5.74, 6) is 0. The highest BCUT2D eigenvalue weighted by Crippen LogP contribution is 2.59. The number of nitrogens with zero attached hydrogens (tertiary/aromatic N) is 6. The van der Waals surface area contributed by atoms with Gasteiger partial charge in [0.1, 0.15) is 11.1 Å². The molecule has 0 amide bonds. The normalized spacial score (nSPS) is 18.3. The lowest BCUT2D eigenvalue weighted by molar-refractivity contribution is -0.384. The van der Waals surface area contributed by atoms with Crippen molar-refractivity contribution in [1.82, 2.24) is 18.7 Å². The van der Waals surface area contributed by atoms with E-state index < -0.39 is 12.3 Å². The molecule has 4 heterocycles. The number of morpholine rings is 2. The van der Waals surface area contributed by atoms with Crippen LogP contribution in [0.15, 0.2) is 51.8 Å². The molecule has 5 rings (SSSR count). The van der Waals surface area contributed by atoms with Crippen molar-refractivity contribution in [2.24, 2.45) is 4.74 Å². The van der Waals surface area contributed by atoms with E-state index in [1.54, 1.807) is 6.07 Å². The highest BCUT2D eigenvalue weighted by atomic mass is 79.9. The number of fused-ring (bicyclic) bond motifs is 1. The maximum atomic E-state index is 11.3. The van der Waals surface area contributed by atoms with Crippen LogP contribution in [0.25, 0.3) is 5.65 Å². The van der Waals surface area contributed by atoms with Crippen LogP contribution < -0.4 is 5.44 Å². The van der Waals surface area contributed by atoms with Crippen molar-refractivity contribution in [3.63, 3.8) is 0 Å². The third-order valence-electron chi connectivity index (χ3n) is 6.11. The third kappa shape index (κ3) is 4.21. The summed E-state index contributed by atoms with van der Waals surface area (Å²) >= 11 is 3.56. The Morgan fingerprint density at radius 1 is 1.06 bits per heavy atom. The molecule has 0 aliphatic carbocycles. The van der Waals surface area contributed by atoms with Crippen LogP contribution in [-0.2, 0) is 9.47 Å². The summed E-state index contributed by atoms with van der Waals surface area (Å²) in [5, 5.41) is 11.3. The van der Waals surface area contributed by atoms with Crippen molar-refractivity contribution in [3.05, 3.63) is 62.9 Å². The van der Waals surface area contributed by atoms with E-state index in [1.165, 1.54) is 12.1 Å². The van der Waals surface area contributed by atoms with Gasteiger partial charge in [-0.3, -0.25) is 14.5 Å². The van der Waals surface area contributed by atoms with Crippen molar-refractivity contribution >= 4 is 45.7 Å². The van der Waals surface area contributed by atoms with Gasteiger partial charge in [-0.05, 0) is 41.1 Å². The molecule has 180 valence electrons. The minimum absolute atomic E-state index is 0.0264. The van der Waals surface area contributed by atoms with Crippen molar-refractivity contribution in [3.8, 4) is 0 Å². The number of nitro groups is 1.